The first-order chi connectivity index (χ1) is 14.9. The Bertz CT molecular complexity index is 935. The molecule has 1 saturated heterocycles. The number of amides is 2. The molecule has 0 spiro atoms. The summed E-state index contributed by atoms with van der Waals surface area (Å²) in [6.07, 6.45) is 3.11. The highest BCUT2D eigenvalue weighted by Gasteiger charge is 2.22. The summed E-state index contributed by atoms with van der Waals surface area (Å²) >= 11 is 0. The summed E-state index contributed by atoms with van der Waals surface area (Å²) in [6.45, 7) is 9.84. The summed E-state index contributed by atoms with van der Waals surface area (Å²) in [5, 5.41) is 14.2. The lowest BCUT2D eigenvalue weighted by Gasteiger charge is -2.31. The predicted molar refractivity (Wildman–Crippen MR) is 120 cm³/mol. The minimum absolute atomic E-state index is 0.0188. The van der Waals surface area contributed by atoms with Gasteiger partial charge in [-0.3, -0.25) is 9.59 Å². The highest BCUT2D eigenvalue weighted by atomic mass is 16.2. The van der Waals surface area contributed by atoms with Crippen LogP contribution < -0.4 is 16.4 Å². The van der Waals surface area contributed by atoms with Gasteiger partial charge in [-0.05, 0) is 48.4 Å². The zero-order chi connectivity index (χ0) is 22.4. The Morgan fingerprint density at radius 2 is 1.90 bits per heavy atom. The zero-order valence-corrected chi connectivity index (χ0v) is 18.0. The number of benzene rings is 1. The number of carbonyl (C=O) groups is 2. The van der Waals surface area contributed by atoms with Crippen LogP contribution >= 0.6 is 0 Å². The van der Waals surface area contributed by atoms with Gasteiger partial charge in [0.15, 0.2) is 11.5 Å². The monoisotopic (exact) mass is 423 g/mol. The molecule has 0 radical (unpaired) electrons. The number of likely N-dealkylation sites (tertiary alicyclic amines) is 1. The Labute approximate surface area is 182 Å². The van der Waals surface area contributed by atoms with Crippen molar-refractivity contribution in [3.8, 4) is 0 Å². The van der Waals surface area contributed by atoms with Crippen LogP contribution in [0, 0.1) is 5.92 Å². The fourth-order valence-corrected chi connectivity index (χ4v) is 3.46. The first kappa shape index (κ1) is 22.2. The van der Waals surface area contributed by atoms with Gasteiger partial charge in [0.2, 0.25) is 11.9 Å². The van der Waals surface area contributed by atoms with Crippen LogP contribution in [0.25, 0.3) is 0 Å². The van der Waals surface area contributed by atoms with Crippen LogP contribution in [0.3, 0.4) is 0 Å². The van der Waals surface area contributed by atoms with Gasteiger partial charge in [0.25, 0.3) is 5.91 Å². The molecule has 1 aromatic carbocycles. The number of nitrogens with two attached hydrogens (primary N) is 1. The Balaban J connectivity index is 1.65. The van der Waals surface area contributed by atoms with Gasteiger partial charge in [0, 0.05) is 25.3 Å². The number of hydrogen-bond acceptors (Lipinski definition) is 7. The molecule has 1 fully saturated rings. The van der Waals surface area contributed by atoms with E-state index in [2.05, 4.69) is 46.2 Å². The van der Waals surface area contributed by atoms with E-state index in [-0.39, 0.29) is 17.4 Å². The molecule has 9 heteroatoms. The fraction of sp³-hybridized carbons (Fsp3) is 0.409. The van der Waals surface area contributed by atoms with Crippen molar-refractivity contribution in [2.45, 2.75) is 32.6 Å². The van der Waals surface area contributed by atoms with E-state index in [1.807, 2.05) is 24.3 Å². The minimum atomic E-state index is -0.702. The number of nitrogens with one attached hydrogen (secondary N) is 2. The molecule has 1 aromatic heterocycles. The van der Waals surface area contributed by atoms with Gasteiger partial charge in [0.1, 0.15) is 0 Å². The van der Waals surface area contributed by atoms with Gasteiger partial charge < -0.3 is 21.3 Å². The molecule has 2 aromatic rings. The van der Waals surface area contributed by atoms with Crippen LogP contribution in [0.1, 0.15) is 48.7 Å². The average Bonchev–Trinajstić information content (AvgIpc) is 2.77. The van der Waals surface area contributed by atoms with Crippen molar-refractivity contribution in [1.29, 1.82) is 0 Å². The van der Waals surface area contributed by atoms with Crippen LogP contribution in [-0.2, 0) is 4.79 Å². The SMILES string of the molecule is C=CC(=O)N1CCC(CNc2nnc(C(N)=O)c(Nc3ccc(C(C)C)cc3)n2)CC1. The molecule has 0 saturated carbocycles. The number of aromatic nitrogens is 3. The first-order valence-electron chi connectivity index (χ1n) is 10.4. The second-order valence-electron chi connectivity index (χ2n) is 7.95. The number of primary amides is 1. The van der Waals surface area contributed by atoms with E-state index >= 15 is 0 Å². The van der Waals surface area contributed by atoms with Crippen molar-refractivity contribution in [3.05, 3.63) is 48.2 Å². The largest absolute Gasteiger partial charge is 0.364 e. The van der Waals surface area contributed by atoms with Crippen LogP contribution in [0.2, 0.25) is 0 Å². The van der Waals surface area contributed by atoms with Crippen molar-refractivity contribution in [2.24, 2.45) is 11.7 Å². The van der Waals surface area contributed by atoms with Crippen LogP contribution in [0.4, 0.5) is 17.5 Å². The lowest BCUT2D eigenvalue weighted by atomic mass is 9.97. The van der Waals surface area contributed by atoms with E-state index in [1.165, 1.54) is 11.6 Å². The molecule has 4 N–H and O–H groups in total. The molecule has 31 heavy (non-hydrogen) atoms. The van der Waals surface area contributed by atoms with Gasteiger partial charge in [-0.25, -0.2) is 0 Å². The number of carbonyl (C=O) groups excluding carboxylic acids is 2. The van der Waals surface area contributed by atoms with Crippen molar-refractivity contribution in [3.63, 3.8) is 0 Å². The molecule has 1 aliphatic heterocycles. The smallest absolute Gasteiger partial charge is 0.273 e. The topological polar surface area (TPSA) is 126 Å². The molecular weight excluding hydrogens is 394 g/mol. The van der Waals surface area contributed by atoms with Crippen LogP contribution in [-0.4, -0.2) is 51.5 Å². The molecule has 164 valence electrons. The number of rotatable bonds is 8. The molecule has 2 amide bonds. The number of anilines is 3. The van der Waals surface area contributed by atoms with Gasteiger partial charge in [0.05, 0.1) is 0 Å². The molecule has 0 bridgehead atoms. The average molecular weight is 424 g/mol. The fourth-order valence-electron chi connectivity index (χ4n) is 3.46. The quantitative estimate of drug-likeness (QED) is 0.557. The molecule has 9 nitrogen and oxygen atoms in total. The van der Waals surface area contributed by atoms with Gasteiger partial charge >= 0.3 is 0 Å². The maximum absolute atomic E-state index is 11.8. The standard InChI is InChI=1S/C22H29N7O2/c1-4-18(30)29-11-9-15(10-12-29)13-24-22-26-21(19(20(23)31)27-28-22)25-17-7-5-16(6-8-17)14(2)3/h4-8,14-15H,1,9-13H2,2-3H3,(H2,23,31)(H2,24,25,26,28). The highest BCUT2D eigenvalue weighted by Crippen LogP contribution is 2.22. The summed E-state index contributed by atoms with van der Waals surface area (Å²) in [7, 11) is 0. The van der Waals surface area contributed by atoms with Crippen LogP contribution in [0.5, 0.6) is 0 Å². The van der Waals surface area contributed by atoms with Gasteiger partial charge in [-0.1, -0.05) is 32.6 Å². The number of nitrogens with zero attached hydrogens (tertiary/aromatic N) is 4. The lowest BCUT2D eigenvalue weighted by Crippen LogP contribution is -2.39. The predicted octanol–water partition coefficient (Wildman–Crippen LogP) is 2.67. The second kappa shape index (κ2) is 10.0. The third-order valence-corrected chi connectivity index (χ3v) is 5.41. The van der Waals surface area contributed by atoms with Crippen molar-refractivity contribution < 1.29 is 9.59 Å². The summed E-state index contributed by atoms with van der Waals surface area (Å²) in [6, 6.07) is 7.89. The normalized spacial score (nSPS) is 14.4. The summed E-state index contributed by atoms with van der Waals surface area (Å²) in [5.41, 5.74) is 7.41. The molecular formula is C22H29N7O2. The molecule has 0 aliphatic carbocycles. The highest BCUT2D eigenvalue weighted by molar-refractivity contribution is 5.96. The maximum atomic E-state index is 11.8. The van der Waals surface area contributed by atoms with Gasteiger partial charge in [-0.2, -0.15) is 4.98 Å². The lowest BCUT2D eigenvalue weighted by molar-refractivity contribution is -0.127. The summed E-state index contributed by atoms with van der Waals surface area (Å²) < 4.78 is 0. The van der Waals surface area contributed by atoms with Crippen molar-refractivity contribution >= 4 is 29.3 Å². The molecule has 2 heterocycles. The minimum Gasteiger partial charge on any atom is -0.364 e. The third-order valence-electron chi connectivity index (χ3n) is 5.41. The van der Waals surface area contributed by atoms with E-state index in [0.717, 1.165) is 18.5 Å². The molecule has 0 atom stereocenters. The molecule has 0 unspecified atom stereocenters. The van der Waals surface area contributed by atoms with Crippen LogP contribution in [0.15, 0.2) is 36.9 Å². The molecule has 1 aliphatic rings. The van der Waals surface area contributed by atoms with Crippen molar-refractivity contribution in [1.82, 2.24) is 20.1 Å². The van der Waals surface area contributed by atoms with E-state index in [9.17, 15) is 9.59 Å². The molecule has 3 rings (SSSR count). The summed E-state index contributed by atoms with van der Waals surface area (Å²) in [4.78, 5) is 29.7. The van der Waals surface area contributed by atoms with E-state index < -0.39 is 5.91 Å². The number of piperidine rings is 1. The Kier molecular flexibility index (Phi) is 7.17. The summed E-state index contributed by atoms with van der Waals surface area (Å²) in [5.74, 6) is 0.650. The Hall–Kier alpha value is -3.49. The first-order valence-corrected chi connectivity index (χ1v) is 10.4. The second-order valence-corrected chi connectivity index (χ2v) is 7.95. The Morgan fingerprint density at radius 1 is 1.23 bits per heavy atom. The maximum Gasteiger partial charge on any atom is 0.273 e. The Morgan fingerprint density at radius 3 is 2.48 bits per heavy atom. The number of hydrogen-bond donors (Lipinski definition) is 3. The van der Waals surface area contributed by atoms with E-state index in [1.54, 1.807) is 4.90 Å². The third kappa shape index (κ3) is 5.78. The van der Waals surface area contributed by atoms with E-state index in [4.69, 9.17) is 5.73 Å². The van der Waals surface area contributed by atoms with Gasteiger partial charge in [-0.15, -0.1) is 10.2 Å². The van der Waals surface area contributed by atoms with Crippen molar-refractivity contribution in [2.75, 3.05) is 30.3 Å². The zero-order valence-electron chi connectivity index (χ0n) is 18.0. The van der Waals surface area contributed by atoms with E-state index in [0.29, 0.717) is 37.4 Å².